The van der Waals surface area contributed by atoms with E-state index in [1.165, 1.54) is 0 Å². The van der Waals surface area contributed by atoms with E-state index in [0.717, 1.165) is 0 Å². The number of benzene rings is 1. The molecule has 0 bridgehead atoms. The smallest absolute Gasteiger partial charge is 0.263 e. The van der Waals surface area contributed by atoms with Crippen molar-refractivity contribution in [3.8, 4) is 11.5 Å². The van der Waals surface area contributed by atoms with Gasteiger partial charge in [-0.05, 0) is 5.41 Å². The fraction of sp³-hybridized carbons (Fsp3) is 0.385. The van der Waals surface area contributed by atoms with E-state index in [1.807, 2.05) is 20.8 Å². The molecule has 2 aromatic rings. The fourth-order valence-corrected chi connectivity index (χ4v) is 1.60. The highest BCUT2D eigenvalue weighted by Gasteiger charge is 2.28. The monoisotopic (exact) mass is 285 g/mol. The maximum Gasteiger partial charge on any atom is 0.263 e. The second kappa shape index (κ2) is 4.90. The fourth-order valence-electron chi connectivity index (χ4n) is 1.60. The van der Waals surface area contributed by atoms with Gasteiger partial charge in [0.2, 0.25) is 0 Å². The lowest BCUT2D eigenvalue weighted by atomic mass is 9.87. The van der Waals surface area contributed by atoms with Crippen LogP contribution in [0.1, 0.15) is 32.6 Å². The van der Waals surface area contributed by atoms with Gasteiger partial charge in [0.25, 0.3) is 5.89 Å². The molecule has 0 aliphatic rings. The molecule has 2 N–H and O–H groups in total. The summed E-state index contributed by atoms with van der Waals surface area (Å²) < 4.78 is 44.9. The Morgan fingerprint density at radius 3 is 2.20 bits per heavy atom. The first-order valence-electron chi connectivity index (χ1n) is 5.94. The first-order valence-corrected chi connectivity index (χ1v) is 5.94. The van der Waals surface area contributed by atoms with Crippen molar-refractivity contribution in [3.63, 3.8) is 0 Å². The summed E-state index contributed by atoms with van der Waals surface area (Å²) >= 11 is 0. The van der Waals surface area contributed by atoms with Crippen LogP contribution in [0.3, 0.4) is 0 Å². The summed E-state index contributed by atoms with van der Waals surface area (Å²) in [5.74, 6) is -3.47. The Hall–Kier alpha value is -1.89. The summed E-state index contributed by atoms with van der Waals surface area (Å²) in [6.07, 6.45) is 0. The zero-order chi connectivity index (χ0) is 15.1. The number of rotatable bonds is 2. The van der Waals surface area contributed by atoms with Crippen LogP contribution in [0.4, 0.5) is 13.2 Å². The van der Waals surface area contributed by atoms with Crippen molar-refractivity contribution in [3.05, 3.63) is 35.4 Å². The van der Waals surface area contributed by atoms with Crippen LogP contribution < -0.4 is 5.73 Å². The molecule has 1 heterocycles. The van der Waals surface area contributed by atoms with Gasteiger partial charge in [0.15, 0.2) is 5.82 Å². The summed E-state index contributed by atoms with van der Waals surface area (Å²) in [5.41, 5.74) is 5.02. The van der Waals surface area contributed by atoms with Crippen molar-refractivity contribution in [2.75, 3.05) is 0 Å². The van der Waals surface area contributed by atoms with Crippen LogP contribution in [0.15, 0.2) is 16.7 Å². The Bertz CT molecular complexity index is 611. The van der Waals surface area contributed by atoms with E-state index in [4.69, 9.17) is 10.3 Å². The Morgan fingerprint density at radius 1 is 1.15 bits per heavy atom. The summed E-state index contributed by atoms with van der Waals surface area (Å²) in [6.45, 7) is 5.60. The first-order chi connectivity index (χ1) is 9.20. The van der Waals surface area contributed by atoms with E-state index in [9.17, 15) is 13.2 Å². The quantitative estimate of drug-likeness (QED) is 0.920. The van der Waals surface area contributed by atoms with E-state index in [1.54, 1.807) is 0 Å². The summed E-state index contributed by atoms with van der Waals surface area (Å²) in [4.78, 5) is 3.89. The van der Waals surface area contributed by atoms with Crippen LogP contribution in [0, 0.1) is 22.9 Å². The molecular weight excluding hydrogens is 271 g/mol. The molecule has 0 fully saturated rings. The minimum absolute atomic E-state index is 0.135. The molecule has 7 heteroatoms. The van der Waals surface area contributed by atoms with Crippen LogP contribution in [-0.2, 0) is 0 Å². The maximum atomic E-state index is 13.6. The first kappa shape index (κ1) is 14.5. The highest BCUT2D eigenvalue weighted by Crippen LogP contribution is 2.31. The second-order valence-corrected chi connectivity index (χ2v) is 5.55. The average Bonchev–Trinajstić information content (AvgIpc) is 2.74. The molecule has 1 aromatic carbocycles. The van der Waals surface area contributed by atoms with Gasteiger partial charge in [0.1, 0.15) is 23.0 Å². The SMILES string of the molecule is CC(C)(C)C(N)c1noc(-c2c(F)cc(F)cc2F)n1. The van der Waals surface area contributed by atoms with Crippen LogP contribution >= 0.6 is 0 Å². The van der Waals surface area contributed by atoms with Crippen LogP contribution in [0.25, 0.3) is 11.5 Å². The number of halogens is 3. The van der Waals surface area contributed by atoms with Crippen molar-refractivity contribution in [2.24, 2.45) is 11.1 Å². The summed E-state index contributed by atoms with van der Waals surface area (Å²) in [6, 6.07) is 0.532. The third kappa shape index (κ3) is 2.67. The van der Waals surface area contributed by atoms with Gasteiger partial charge >= 0.3 is 0 Å². The Labute approximate surface area is 113 Å². The molecule has 1 unspecified atom stereocenters. The van der Waals surface area contributed by atoms with E-state index >= 15 is 0 Å². The van der Waals surface area contributed by atoms with Crippen LogP contribution in [0.5, 0.6) is 0 Å². The van der Waals surface area contributed by atoms with Gasteiger partial charge in [-0.15, -0.1) is 0 Å². The van der Waals surface area contributed by atoms with Gasteiger partial charge in [-0.2, -0.15) is 4.98 Å². The molecule has 0 saturated carbocycles. The molecule has 0 amide bonds. The van der Waals surface area contributed by atoms with Crippen LogP contribution in [-0.4, -0.2) is 10.1 Å². The molecule has 0 radical (unpaired) electrons. The molecule has 0 spiro atoms. The zero-order valence-electron chi connectivity index (χ0n) is 11.2. The molecule has 108 valence electrons. The van der Waals surface area contributed by atoms with Gasteiger partial charge < -0.3 is 10.3 Å². The predicted octanol–water partition coefficient (Wildman–Crippen LogP) is 3.20. The van der Waals surface area contributed by atoms with Crippen molar-refractivity contribution in [1.29, 1.82) is 0 Å². The van der Waals surface area contributed by atoms with Crippen molar-refractivity contribution >= 4 is 0 Å². The van der Waals surface area contributed by atoms with Gasteiger partial charge in [0, 0.05) is 12.1 Å². The molecular formula is C13H14F3N3O. The standard InChI is InChI=1S/C13H14F3N3O/c1-13(2,3)10(17)11-18-12(20-19-11)9-7(15)4-6(14)5-8(9)16/h4-5,10H,17H2,1-3H3. The van der Waals surface area contributed by atoms with E-state index < -0.39 is 29.1 Å². The molecule has 0 aliphatic carbocycles. The lowest BCUT2D eigenvalue weighted by molar-refractivity contribution is 0.303. The highest BCUT2D eigenvalue weighted by molar-refractivity contribution is 5.54. The van der Waals surface area contributed by atoms with Gasteiger partial charge in [0.05, 0.1) is 6.04 Å². The summed E-state index contributed by atoms with van der Waals surface area (Å²) in [7, 11) is 0. The minimum atomic E-state index is -1.11. The molecule has 0 saturated heterocycles. The minimum Gasteiger partial charge on any atom is -0.334 e. The molecule has 1 aromatic heterocycles. The zero-order valence-corrected chi connectivity index (χ0v) is 11.2. The van der Waals surface area contributed by atoms with E-state index in [-0.39, 0.29) is 17.1 Å². The van der Waals surface area contributed by atoms with Crippen molar-refractivity contribution in [2.45, 2.75) is 26.8 Å². The van der Waals surface area contributed by atoms with Crippen molar-refractivity contribution < 1.29 is 17.7 Å². The topological polar surface area (TPSA) is 64.9 Å². The van der Waals surface area contributed by atoms with Crippen LogP contribution in [0.2, 0.25) is 0 Å². The maximum absolute atomic E-state index is 13.6. The largest absolute Gasteiger partial charge is 0.334 e. The number of aromatic nitrogens is 2. The number of nitrogens with two attached hydrogens (primary N) is 1. The Morgan fingerprint density at radius 2 is 1.70 bits per heavy atom. The third-order valence-corrected chi connectivity index (χ3v) is 2.87. The van der Waals surface area contributed by atoms with Gasteiger partial charge in [-0.25, -0.2) is 13.2 Å². The molecule has 2 rings (SSSR count). The lowest BCUT2D eigenvalue weighted by Gasteiger charge is -2.23. The number of hydrogen-bond acceptors (Lipinski definition) is 4. The molecule has 20 heavy (non-hydrogen) atoms. The Balaban J connectivity index is 2.44. The predicted molar refractivity (Wildman–Crippen MR) is 66.0 cm³/mol. The molecule has 4 nitrogen and oxygen atoms in total. The highest BCUT2D eigenvalue weighted by atomic mass is 19.1. The van der Waals surface area contributed by atoms with Gasteiger partial charge in [-0.3, -0.25) is 0 Å². The second-order valence-electron chi connectivity index (χ2n) is 5.55. The number of nitrogens with zero attached hydrogens (tertiary/aromatic N) is 2. The normalized spacial score (nSPS) is 13.6. The number of hydrogen-bond donors (Lipinski definition) is 1. The third-order valence-electron chi connectivity index (χ3n) is 2.87. The summed E-state index contributed by atoms with van der Waals surface area (Å²) in [5, 5.41) is 3.63. The average molecular weight is 285 g/mol. The molecule has 0 aliphatic heterocycles. The van der Waals surface area contributed by atoms with E-state index in [0.29, 0.717) is 12.1 Å². The van der Waals surface area contributed by atoms with E-state index in [2.05, 4.69) is 10.1 Å². The van der Waals surface area contributed by atoms with Gasteiger partial charge in [-0.1, -0.05) is 25.9 Å². The molecule has 1 atom stereocenters. The van der Waals surface area contributed by atoms with Crippen molar-refractivity contribution in [1.82, 2.24) is 10.1 Å². The lowest BCUT2D eigenvalue weighted by Crippen LogP contribution is -2.27. The Kier molecular flexibility index (Phi) is 3.56.